The second-order valence-electron chi connectivity index (χ2n) is 8.54. The van der Waals surface area contributed by atoms with Gasteiger partial charge in [0, 0.05) is 5.54 Å². The number of hydrogen-bond acceptors (Lipinski definition) is 1. The zero-order valence-corrected chi connectivity index (χ0v) is 18.6. The molecular formula is C23H26Li2NSi+. The van der Waals surface area contributed by atoms with Gasteiger partial charge in [-0.1, -0.05) is 66.4 Å². The molecular weight excluding hydrogens is 332 g/mol. The Bertz CT molecular complexity index is 1020. The van der Waals surface area contributed by atoms with E-state index in [0.29, 0.717) is 0 Å². The number of allylic oxidation sites excluding steroid dienone is 1. The fraction of sp³-hybridized carbons (Fsp3) is 0.261. The van der Waals surface area contributed by atoms with Crippen molar-refractivity contribution in [2.45, 2.75) is 39.3 Å². The minimum Gasteiger partial charge on any atom is -0.355 e. The Balaban J connectivity index is 0.00000131. The minimum atomic E-state index is -1.92. The molecule has 0 aromatic heterocycles. The third-order valence-electron chi connectivity index (χ3n) is 5.13. The first kappa shape index (κ1) is 22.6. The zero-order valence-electron chi connectivity index (χ0n) is 17.6. The Labute approximate surface area is 188 Å². The Morgan fingerprint density at radius 3 is 1.89 bits per heavy atom. The van der Waals surface area contributed by atoms with Gasteiger partial charge in [-0.2, -0.15) is 0 Å². The quantitative estimate of drug-likeness (QED) is 0.381. The summed E-state index contributed by atoms with van der Waals surface area (Å²) in [6, 6.07) is 17.6. The molecule has 0 bridgehead atoms. The van der Waals surface area contributed by atoms with Crippen LogP contribution in [0.3, 0.4) is 0 Å². The van der Waals surface area contributed by atoms with Gasteiger partial charge >= 0.3 is 37.7 Å². The van der Waals surface area contributed by atoms with Crippen LogP contribution < -0.4 is 42.7 Å². The van der Waals surface area contributed by atoms with Crippen LogP contribution in [0.1, 0.15) is 31.9 Å². The second-order valence-corrected chi connectivity index (χ2v) is 12.1. The molecule has 3 aromatic carbocycles. The molecule has 0 saturated heterocycles. The molecule has 1 nitrogen and oxygen atoms in total. The number of rotatable bonds is 2. The van der Waals surface area contributed by atoms with Gasteiger partial charge in [0.05, 0.1) is 0 Å². The zero-order chi connectivity index (χ0) is 17.8. The van der Waals surface area contributed by atoms with E-state index in [1.807, 2.05) is 0 Å². The molecule has 0 aliphatic heterocycles. The molecule has 0 fully saturated rings. The predicted octanol–water partition coefficient (Wildman–Crippen LogP) is -0.184. The van der Waals surface area contributed by atoms with Gasteiger partial charge in [-0.15, -0.1) is 0 Å². The van der Waals surface area contributed by atoms with Gasteiger partial charge < -0.3 is 11.5 Å². The number of hydrogen-bond donors (Lipinski definition) is 1. The molecule has 0 heterocycles. The first-order chi connectivity index (χ1) is 11.8. The first-order valence-electron chi connectivity index (χ1n) is 9.04. The smallest absolute Gasteiger partial charge is 0.355 e. The molecule has 0 spiro atoms. The van der Waals surface area contributed by atoms with Gasteiger partial charge in [0.25, 0.3) is 0 Å². The molecule has 1 aliphatic rings. The Morgan fingerprint density at radius 2 is 1.33 bits per heavy atom. The van der Waals surface area contributed by atoms with Crippen LogP contribution in [0.15, 0.2) is 53.7 Å². The van der Waals surface area contributed by atoms with Crippen LogP contribution in [0.25, 0.3) is 27.6 Å². The van der Waals surface area contributed by atoms with E-state index in [1.54, 1.807) is 0 Å². The molecule has 128 valence electrons. The van der Waals surface area contributed by atoms with E-state index in [4.69, 9.17) is 0 Å². The number of nitrogens with one attached hydrogen (secondary N) is 1. The molecule has 1 unspecified atom stereocenters. The van der Waals surface area contributed by atoms with Crippen molar-refractivity contribution in [1.29, 1.82) is 0 Å². The summed E-state index contributed by atoms with van der Waals surface area (Å²) in [5, 5.41) is 6.97. The topological polar surface area (TPSA) is 12.0 Å². The fourth-order valence-corrected chi connectivity index (χ4v) is 7.12. The summed E-state index contributed by atoms with van der Waals surface area (Å²) in [5.41, 5.74) is 2.97. The standard InChI is InChI=1S/C23H26NSi.2Li/c1-23(2,3)24-25(4,5)16-14-21-19-12-8-6-10-17(19)18-11-7-9-13-20(18)22(21)15-16;;/h6-14,24H,4,15H2,1-3,5H3;;/q-1;2*+1. The second kappa shape index (κ2) is 7.96. The Hall–Kier alpha value is -0.708. The average Bonchev–Trinajstić information content (AvgIpc) is 3.00. The largest absolute Gasteiger partial charge is 1.00 e. The molecule has 0 radical (unpaired) electrons. The number of benzene rings is 3. The summed E-state index contributed by atoms with van der Waals surface area (Å²) in [5.74, 6) is 0. The van der Waals surface area contributed by atoms with Crippen LogP contribution in [0.5, 0.6) is 0 Å². The van der Waals surface area contributed by atoms with Crippen molar-refractivity contribution in [3.63, 3.8) is 0 Å². The minimum absolute atomic E-state index is 0. The molecule has 4 rings (SSSR count). The summed E-state index contributed by atoms with van der Waals surface area (Å²) in [7, 11) is -1.92. The van der Waals surface area contributed by atoms with Crippen LogP contribution in [-0.2, 0) is 6.42 Å². The summed E-state index contributed by atoms with van der Waals surface area (Å²) < 4.78 is 0. The average molecular weight is 358 g/mol. The Morgan fingerprint density at radius 1 is 0.852 bits per heavy atom. The Kier molecular flexibility index (Phi) is 6.66. The molecule has 27 heavy (non-hydrogen) atoms. The van der Waals surface area contributed by atoms with Gasteiger partial charge in [0.1, 0.15) is 0 Å². The SMILES string of the molecule is [CH2-][Si](C)(NC(C)(C)C)C1=Cc2c(c3ccccc3c3ccccc23)C1.[Li+].[Li+]. The monoisotopic (exact) mass is 358 g/mol. The van der Waals surface area contributed by atoms with Crippen LogP contribution in [0.4, 0.5) is 0 Å². The van der Waals surface area contributed by atoms with E-state index in [2.05, 4.69) is 93.5 Å². The van der Waals surface area contributed by atoms with Gasteiger partial charge in [0.2, 0.25) is 0 Å². The molecule has 1 atom stereocenters. The van der Waals surface area contributed by atoms with Crippen molar-refractivity contribution in [3.05, 3.63) is 71.4 Å². The summed E-state index contributed by atoms with van der Waals surface area (Å²) >= 11 is 0. The maximum atomic E-state index is 4.64. The predicted molar refractivity (Wildman–Crippen MR) is 113 cm³/mol. The molecule has 1 aliphatic carbocycles. The summed E-state index contributed by atoms with van der Waals surface area (Å²) in [4.78, 5) is 3.83. The van der Waals surface area contributed by atoms with Gasteiger partial charge in [-0.25, -0.2) is 0 Å². The van der Waals surface area contributed by atoms with Crippen molar-refractivity contribution in [3.8, 4) is 0 Å². The third kappa shape index (κ3) is 4.18. The van der Waals surface area contributed by atoms with E-state index >= 15 is 0 Å². The molecule has 3 aromatic rings. The summed E-state index contributed by atoms with van der Waals surface area (Å²) in [6.45, 7) is 13.7. The van der Waals surface area contributed by atoms with E-state index in [1.165, 1.54) is 37.9 Å². The van der Waals surface area contributed by atoms with Crippen molar-refractivity contribution in [2.24, 2.45) is 0 Å². The normalized spacial score (nSPS) is 15.5. The molecule has 4 heteroatoms. The number of fused-ring (bicyclic) bond motifs is 6. The molecule has 1 N–H and O–H groups in total. The van der Waals surface area contributed by atoms with E-state index in [0.717, 1.165) is 6.42 Å². The van der Waals surface area contributed by atoms with Crippen molar-refractivity contribution >= 4 is 35.9 Å². The van der Waals surface area contributed by atoms with E-state index < -0.39 is 8.24 Å². The van der Waals surface area contributed by atoms with Crippen molar-refractivity contribution in [1.82, 2.24) is 4.98 Å². The van der Waals surface area contributed by atoms with Gasteiger partial charge in [-0.3, -0.25) is 0 Å². The van der Waals surface area contributed by atoms with E-state index in [9.17, 15) is 0 Å². The maximum Gasteiger partial charge on any atom is 1.00 e. The van der Waals surface area contributed by atoms with Crippen LogP contribution >= 0.6 is 0 Å². The van der Waals surface area contributed by atoms with Crippen LogP contribution in [0, 0.1) is 6.55 Å². The van der Waals surface area contributed by atoms with E-state index in [-0.39, 0.29) is 43.3 Å². The first-order valence-corrected chi connectivity index (χ1v) is 11.7. The molecule has 0 saturated carbocycles. The fourth-order valence-electron chi connectivity index (χ4n) is 4.27. The van der Waals surface area contributed by atoms with Gasteiger partial charge in [-0.05, 0) is 68.1 Å². The van der Waals surface area contributed by atoms with Crippen molar-refractivity contribution in [2.75, 3.05) is 0 Å². The third-order valence-corrected chi connectivity index (χ3v) is 8.17. The molecule has 0 amide bonds. The van der Waals surface area contributed by atoms with Crippen molar-refractivity contribution < 1.29 is 37.7 Å². The van der Waals surface area contributed by atoms with Gasteiger partial charge in [0.15, 0.2) is 0 Å². The summed E-state index contributed by atoms with van der Waals surface area (Å²) in [6.07, 6.45) is 3.46. The van der Waals surface area contributed by atoms with Crippen LogP contribution in [-0.4, -0.2) is 13.8 Å². The maximum absolute atomic E-state index is 4.64. The van der Waals surface area contributed by atoms with Crippen LogP contribution in [0.2, 0.25) is 6.55 Å².